The number of aryl methyl sites for hydroxylation is 1. The monoisotopic (exact) mass is 282 g/mol. The molecule has 0 fully saturated rings. The fraction of sp³-hybridized carbons (Fsp3) is 0.214. The molecule has 0 saturated carbocycles. The molecule has 2 nitrogen and oxygen atoms in total. The van der Waals surface area contributed by atoms with E-state index in [0.717, 1.165) is 11.3 Å². The molecule has 2 rings (SSSR count). The molecule has 1 aromatic heterocycles. The molecule has 0 bridgehead atoms. The van der Waals surface area contributed by atoms with E-state index in [2.05, 4.69) is 4.74 Å². The van der Waals surface area contributed by atoms with Crippen LogP contribution in [0.3, 0.4) is 0 Å². The van der Waals surface area contributed by atoms with Crippen LogP contribution >= 0.6 is 11.3 Å². The zero-order valence-electron chi connectivity index (χ0n) is 10.2. The molecule has 19 heavy (non-hydrogen) atoms. The van der Waals surface area contributed by atoms with Gasteiger partial charge in [-0.1, -0.05) is 6.92 Å². The summed E-state index contributed by atoms with van der Waals surface area (Å²) in [4.78, 5) is 13.9. The van der Waals surface area contributed by atoms with E-state index in [4.69, 9.17) is 0 Å². The molecule has 0 saturated heterocycles. The predicted octanol–water partition coefficient (Wildman–Crippen LogP) is 4.14. The summed E-state index contributed by atoms with van der Waals surface area (Å²) in [5, 5.41) is 0. The summed E-state index contributed by atoms with van der Waals surface area (Å²) in [6, 6.07) is 9.43. The molecule has 0 aliphatic heterocycles. The zero-order valence-corrected chi connectivity index (χ0v) is 11.0. The Hall–Kier alpha value is -1.75. The Morgan fingerprint density at radius 1 is 1.21 bits per heavy atom. The van der Waals surface area contributed by atoms with Crippen molar-refractivity contribution in [1.82, 2.24) is 0 Å². The predicted molar refractivity (Wildman–Crippen MR) is 70.2 cm³/mol. The number of ketones is 1. The summed E-state index contributed by atoms with van der Waals surface area (Å²) in [5.74, 6) is -0.0553. The summed E-state index contributed by atoms with van der Waals surface area (Å²) in [6.45, 7) is -0.831. The largest absolute Gasteiger partial charge is 0.435 e. The van der Waals surface area contributed by atoms with E-state index in [1.807, 2.05) is 13.0 Å². The van der Waals surface area contributed by atoms with Crippen LogP contribution in [0.1, 0.15) is 27.0 Å². The van der Waals surface area contributed by atoms with Crippen molar-refractivity contribution in [2.75, 3.05) is 0 Å². The van der Waals surface area contributed by atoms with Crippen LogP contribution < -0.4 is 4.74 Å². The molecule has 0 radical (unpaired) electrons. The molecular weight excluding hydrogens is 270 g/mol. The van der Waals surface area contributed by atoms with Gasteiger partial charge in [-0.2, -0.15) is 8.78 Å². The fourth-order valence-corrected chi connectivity index (χ4v) is 2.53. The highest BCUT2D eigenvalue weighted by molar-refractivity contribution is 7.14. The van der Waals surface area contributed by atoms with Crippen molar-refractivity contribution in [2.24, 2.45) is 0 Å². The fourth-order valence-electron chi connectivity index (χ4n) is 1.62. The summed E-state index contributed by atoms with van der Waals surface area (Å²) in [7, 11) is 0. The first-order chi connectivity index (χ1) is 9.10. The van der Waals surface area contributed by atoms with Crippen molar-refractivity contribution in [1.29, 1.82) is 0 Å². The number of halogens is 2. The van der Waals surface area contributed by atoms with Gasteiger partial charge in [0.25, 0.3) is 0 Å². The highest BCUT2D eigenvalue weighted by Crippen LogP contribution is 2.22. The van der Waals surface area contributed by atoms with Gasteiger partial charge in [0.05, 0.1) is 4.88 Å². The van der Waals surface area contributed by atoms with Gasteiger partial charge in [-0.3, -0.25) is 4.79 Å². The number of carbonyl (C=O) groups excluding carboxylic acids is 1. The second-order valence-corrected chi connectivity index (χ2v) is 5.02. The number of carbonyl (C=O) groups is 1. The second kappa shape index (κ2) is 5.93. The van der Waals surface area contributed by atoms with Crippen LogP contribution in [0.2, 0.25) is 0 Å². The van der Waals surface area contributed by atoms with Gasteiger partial charge < -0.3 is 4.74 Å². The van der Waals surface area contributed by atoms with E-state index in [-0.39, 0.29) is 11.5 Å². The van der Waals surface area contributed by atoms with Gasteiger partial charge in [-0.25, -0.2) is 0 Å². The van der Waals surface area contributed by atoms with Crippen molar-refractivity contribution in [2.45, 2.75) is 20.0 Å². The Bertz CT molecular complexity index is 561. The van der Waals surface area contributed by atoms with Gasteiger partial charge in [0.2, 0.25) is 5.78 Å². The van der Waals surface area contributed by atoms with Gasteiger partial charge in [0.1, 0.15) is 5.75 Å². The molecule has 5 heteroatoms. The maximum atomic E-state index is 12.1. The number of hydrogen-bond acceptors (Lipinski definition) is 3. The number of benzene rings is 1. The van der Waals surface area contributed by atoms with Gasteiger partial charge in [-0.05, 0) is 42.8 Å². The van der Waals surface area contributed by atoms with Gasteiger partial charge in [0.15, 0.2) is 0 Å². The summed E-state index contributed by atoms with van der Waals surface area (Å²) in [5.41, 5.74) is 0.464. The first kappa shape index (κ1) is 13.7. The summed E-state index contributed by atoms with van der Waals surface area (Å²) in [6.07, 6.45) is 0.888. The Kier molecular flexibility index (Phi) is 4.27. The molecule has 0 N–H and O–H groups in total. The van der Waals surface area contributed by atoms with Crippen LogP contribution in [-0.2, 0) is 6.42 Å². The third-order valence-corrected chi connectivity index (χ3v) is 3.80. The molecular formula is C14H12F2O2S. The van der Waals surface area contributed by atoms with Crippen LogP contribution in [0.5, 0.6) is 5.75 Å². The molecule has 0 spiro atoms. The lowest BCUT2D eigenvalue weighted by molar-refractivity contribution is -0.0498. The van der Waals surface area contributed by atoms with Crippen LogP contribution in [0.25, 0.3) is 0 Å². The highest BCUT2D eigenvalue weighted by Gasteiger charge is 2.12. The van der Waals surface area contributed by atoms with Crippen molar-refractivity contribution < 1.29 is 18.3 Å². The second-order valence-electron chi connectivity index (χ2n) is 3.85. The Morgan fingerprint density at radius 2 is 1.89 bits per heavy atom. The molecule has 0 aliphatic rings. The highest BCUT2D eigenvalue weighted by atomic mass is 32.1. The van der Waals surface area contributed by atoms with E-state index in [1.54, 1.807) is 6.07 Å². The van der Waals surface area contributed by atoms with E-state index >= 15 is 0 Å². The average molecular weight is 282 g/mol. The van der Waals surface area contributed by atoms with E-state index < -0.39 is 6.61 Å². The van der Waals surface area contributed by atoms with Crippen molar-refractivity contribution in [3.05, 3.63) is 51.7 Å². The van der Waals surface area contributed by atoms with Crippen LogP contribution in [0.15, 0.2) is 36.4 Å². The number of rotatable bonds is 5. The molecule has 1 heterocycles. The number of alkyl halides is 2. The normalized spacial score (nSPS) is 10.7. The number of thiophene rings is 1. The molecule has 2 aromatic rings. The summed E-state index contributed by atoms with van der Waals surface area (Å²) >= 11 is 1.45. The Labute approximate surface area is 113 Å². The maximum absolute atomic E-state index is 12.1. The van der Waals surface area contributed by atoms with Gasteiger partial charge in [-0.15, -0.1) is 11.3 Å². The van der Waals surface area contributed by atoms with Crippen molar-refractivity contribution in [3.63, 3.8) is 0 Å². The maximum Gasteiger partial charge on any atom is 0.387 e. The summed E-state index contributed by atoms with van der Waals surface area (Å²) < 4.78 is 28.2. The topological polar surface area (TPSA) is 26.3 Å². The van der Waals surface area contributed by atoms with Gasteiger partial charge in [0, 0.05) is 10.4 Å². The lowest BCUT2D eigenvalue weighted by Crippen LogP contribution is -2.03. The van der Waals surface area contributed by atoms with E-state index in [9.17, 15) is 13.6 Å². The van der Waals surface area contributed by atoms with Crippen LogP contribution in [-0.4, -0.2) is 12.4 Å². The molecule has 1 aromatic carbocycles. The average Bonchev–Trinajstić information content (AvgIpc) is 2.87. The third-order valence-electron chi connectivity index (χ3n) is 2.58. The third kappa shape index (κ3) is 3.38. The minimum absolute atomic E-state index is 0.0481. The lowest BCUT2D eigenvalue weighted by Gasteiger charge is -2.04. The minimum atomic E-state index is -2.86. The standard InChI is InChI=1S/C14H12F2O2S/c1-2-11-7-8-12(19-11)13(17)9-3-5-10(6-4-9)18-14(15)16/h3-8,14H,2H2,1H3. The van der Waals surface area contributed by atoms with E-state index in [0.29, 0.717) is 10.4 Å². The zero-order chi connectivity index (χ0) is 13.8. The van der Waals surface area contributed by atoms with Crippen LogP contribution in [0, 0.1) is 0 Å². The number of hydrogen-bond donors (Lipinski definition) is 0. The number of ether oxygens (including phenoxy) is 1. The molecule has 0 atom stereocenters. The molecule has 0 unspecified atom stereocenters. The van der Waals surface area contributed by atoms with E-state index in [1.165, 1.54) is 35.6 Å². The van der Waals surface area contributed by atoms with Gasteiger partial charge >= 0.3 is 6.61 Å². The van der Waals surface area contributed by atoms with Crippen molar-refractivity contribution in [3.8, 4) is 5.75 Å². The Morgan fingerprint density at radius 3 is 2.42 bits per heavy atom. The molecule has 0 amide bonds. The molecule has 100 valence electrons. The smallest absolute Gasteiger partial charge is 0.387 e. The Balaban J connectivity index is 2.15. The molecule has 0 aliphatic carbocycles. The lowest BCUT2D eigenvalue weighted by atomic mass is 10.1. The quantitative estimate of drug-likeness (QED) is 0.770. The SMILES string of the molecule is CCc1ccc(C(=O)c2ccc(OC(F)F)cc2)s1. The minimum Gasteiger partial charge on any atom is -0.435 e. The van der Waals surface area contributed by atoms with Crippen molar-refractivity contribution >= 4 is 17.1 Å². The first-order valence-corrected chi connectivity index (χ1v) is 6.60. The first-order valence-electron chi connectivity index (χ1n) is 5.78. The van der Waals surface area contributed by atoms with Crippen LogP contribution in [0.4, 0.5) is 8.78 Å².